The first-order chi connectivity index (χ1) is 7.81. The molecule has 0 heterocycles. The Labute approximate surface area is 98.1 Å². The quantitative estimate of drug-likeness (QED) is 0.133. The largest absolute Gasteiger partial charge is 0.481 e. The molecule has 0 aromatic heterocycles. The van der Waals surface area contributed by atoms with Gasteiger partial charge in [-0.05, 0) is 12.8 Å². The van der Waals surface area contributed by atoms with E-state index in [4.69, 9.17) is 31.4 Å². The molecule has 0 spiro atoms. The first-order valence-corrected chi connectivity index (χ1v) is 4.71. The lowest BCUT2D eigenvalue weighted by atomic mass is 10.2. The average molecular weight is 250 g/mol. The molecule has 17 heavy (non-hydrogen) atoms. The molecule has 0 saturated carbocycles. The lowest BCUT2D eigenvalue weighted by Gasteiger charge is -2.09. The van der Waals surface area contributed by atoms with Crippen LogP contribution in [0.4, 0.5) is 0 Å². The summed E-state index contributed by atoms with van der Waals surface area (Å²) in [7, 11) is 0. The van der Waals surface area contributed by atoms with Gasteiger partial charge in [0.05, 0.1) is 0 Å². The fourth-order valence-electron chi connectivity index (χ4n) is 0.772. The SMILES string of the molecule is CC(=O)O.N=C(N)NCCC[C@H](NO)C(=O)O. The summed E-state index contributed by atoms with van der Waals surface area (Å²) in [6.45, 7) is 1.50. The molecule has 0 aliphatic carbocycles. The molecule has 8 N–H and O–H groups in total. The van der Waals surface area contributed by atoms with Crippen molar-refractivity contribution in [2.24, 2.45) is 5.73 Å². The third-order valence-corrected chi connectivity index (χ3v) is 1.44. The second-order valence-corrected chi connectivity index (χ2v) is 3.02. The Morgan fingerprint density at radius 3 is 2.18 bits per heavy atom. The van der Waals surface area contributed by atoms with Gasteiger partial charge in [0.25, 0.3) is 5.97 Å². The van der Waals surface area contributed by atoms with E-state index in [9.17, 15) is 4.79 Å². The Bertz CT molecular complexity index is 254. The Balaban J connectivity index is 0. The Kier molecular flexibility index (Phi) is 11.0. The Morgan fingerprint density at radius 2 is 1.88 bits per heavy atom. The highest BCUT2D eigenvalue weighted by Crippen LogP contribution is 1.95. The molecule has 100 valence electrons. The number of hydrogen-bond donors (Lipinski definition) is 7. The lowest BCUT2D eigenvalue weighted by molar-refractivity contribution is -0.142. The van der Waals surface area contributed by atoms with E-state index in [2.05, 4.69) is 5.32 Å². The van der Waals surface area contributed by atoms with Gasteiger partial charge in [-0.1, -0.05) is 0 Å². The van der Waals surface area contributed by atoms with Gasteiger partial charge in [-0.3, -0.25) is 15.0 Å². The zero-order valence-electron chi connectivity index (χ0n) is 9.43. The number of aliphatic carboxylic acids is 2. The zero-order valence-corrected chi connectivity index (χ0v) is 9.43. The van der Waals surface area contributed by atoms with Crippen molar-refractivity contribution in [1.82, 2.24) is 10.8 Å². The van der Waals surface area contributed by atoms with Gasteiger partial charge in [-0.15, -0.1) is 0 Å². The van der Waals surface area contributed by atoms with Gasteiger partial charge in [-0.25, -0.2) is 0 Å². The van der Waals surface area contributed by atoms with Gasteiger partial charge >= 0.3 is 5.97 Å². The molecule has 0 radical (unpaired) electrons. The number of guanidine groups is 1. The summed E-state index contributed by atoms with van der Waals surface area (Å²) in [5, 5.41) is 33.6. The molecule has 9 nitrogen and oxygen atoms in total. The van der Waals surface area contributed by atoms with Crippen LogP contribution in [0.25, 0.3) is 0 Å². The third-order valence-electron chi connectivity index (χ3n) is 1.44. The molecular formula is C8H18N4O5. The number of carboxylic acid groups (broad SMARTS) is 2. The average Bonchev–Trinajstić information content (AvgIpc) is 2.15. The summed E-state index contributed by atoms with van der Waals surface area (Å²) in [6, 6.07) is -0.964. The summed E-state index contributed by atoms with van der Waals surface area (Å²) >= 11 is 0. The van der Waals surface area contributed by atoms with E-state index in [1.165, 1.54) is 0 Å². The van der Waals surface area contributed by atoms with Gasteiger partial charge in [0.15, 0.2) is 5.96 Å². The van der Waals surface area contributed by atoms with Crippen LogP contribution in [0.2, 0.25) is 0 Å². The summed E-state index contributed by atoms with van der Waals surface area (Å²) in [5.74, 6) is -2.09. The number of hydrogen-bond acceptors (Lipinski definition) is 5. The number of rotatable bonds is 6. The first-order valence-electron chi connectivity index (χ1n) is 4.71. The lowest BCUT2D eigenvalue weighted by Crippen LogP contribution is -2.36. The number of hydroxylamine groups is 1. The Hall–Kier alpha value is -1.87. The zero-order chi connectivity index (χ0) is 13.8. The second kappa shape index (κ2) is 10.6. The van der Waals surface area contributed by atoms with Crippen LogP contribution < -0.4 is 16.5 Å². The van der Waals surface area contributed by atoms with Crippen molar-refractivity contribution >= 4 is 17.9 Å². The van der Waals surface area contributed by atoms with E-state index < -0.39 is 18.0 Å². The predicted octanol–water partition coefficient (Wildman–Crippen LogP) is -1.23. The highest BCUT2D eigenvalue weighted by atomic mass is 16.5. The molecule has 0 bridgehead atoms. The molecular weight excluding hydrogens is 232 g/mol. The van der Waals surface area contributed by atoms with E-state index in [1.807, 2.05) is 0 Å². The molecule has 9 heteroatoms. The summed E-state index contributed by atoms with van der Waals surface area (Å²) < 4.78 is 0. The molecule has 0 fully saturated rings. The highest BCUT2D eigenvalue weighted by Gasteiger charge is 2.14. The minimum atomic E-state index is -1.11. The van der Waals surface area contributed by atoms with Crippen LogP contribution >= 0.6 is 0 Å². The van der Waals surface area contributed by atoms with Crippen molar-refractivity contribution in [3.63, 3.8) is 0 Å². The second-order valence-electron chi connectivity index (χ2n) is 3.02. The number of nitrogens with one attached hydrogen (secondary N) is 3. The minimum Gasteiger partial charge on any atom is -0.481 e. The van der Waals surface area contributed by atoms with Crippen molar-refractivity contribution in [1.29, 1.82) is 5.41 Å². The van der Waals surface area contributed by atoms with Crippen LogP contribution in [-0.4, -0.2) is 45.9 Å². The normalized spacial score (nSPS) is 10.7. The summed E-state index contributed by atoms with van der Waals surface area (Å²) in [4.78, 5) is 19.3. The maximum absolute atomic E-state index is 10.3. The van der Waals surface area contributed by atoms with E-state index in [-0.39, 0.29) is 12.4 Å². The maximum Gasteiger partial charge on any atom is 0.323 e. The van der Waals surface area contributed by atoms with Crippen LogP contribution in [0.15, 0.2) is 0 Å². The topological polar surface area (TPSA) is 169 Å². The molecule has 0 aromatic carbocycles. The Morgan fingerprint density at radius 1 is 1.41 bits per heavy atom. The van der Waals surface area contributed by atoms with Crippen molar-refractivity contribution in [3.8, 4) is 0 Å². The maximum atomic E-state index is 10.3. The van der Waals surface area contributed by atoms with E-state index in [0.29, 0.717) is 13.0 Å². The van der Waals surface area contributed by atoms with Gasteiger partial charge < -0.3 is 26.5 Å². The number of carbonyl (C=O) groups is 2. The molecule has 0 rings (SSSR count). The summed E-state index contributed by atoms with van der Waals surface area (Å²) in [6.07, 6.45) is 0.774. The molecule has 1 atom stereocenters. The summed E-state index contributed by atoms with van der Waals surface area (Å²) in [5.41, 5.74) is 6.67. The fraction of sp³-hybridized carbons (Fsp3) is 0.625. The number of carboxylic acids is 2. The molecule has 0 unspecified atom stereocenters. The smallest absolute Gasteiger partial charge is 0.323 e. The van der Waals surface area contributed by atoms with Crippen LogP contribution in [0.3, 0.4) is 0 Å². The molecule has 0 aliphatic rings. The third kappa shape index (κ3) is 16.8. The van der Waals surface area contributed by atoms with Crippen molar-refractivity contribution in [2.75, 3.05) is 6.54 Å². The van der Waals surface area contributed by atoms with Gasteiger partial charge in [0, 0.05) is 13.5 Å². The molecule has 0 aromatic rings. The molecule has 0 aliphatic heterocycles. The van der Waals surface area contributed by atoms with Crippen molar-refractivity contribution < 1.29 is 25.0 Å². The van der Waals surface area contributed by atoms with Crippen LogP contribution in [0, 0.1) is 5.41 Å². The highest BCUT2D eigenvalue weighted by molar-refractivity contribution is 5.74. The predicted molar refractivity (Wildman–Crippen MR) is 58.8 cm³/mol. The van der Waals surface area contributed by atoms with Gasteiger partial charge in [-0.2, -0.15) is 5.48 Å². The van der Waals surface area contributed by atoms with Gasteiger partial charge in [0.2, 0.25) is 0 Å². The molecule has 0 saturated heterocycles. The first kappa shape index (κ1) is 17.5. The van der Waals surface area contributed by atoms with E-state index in [0.717, 1.165) is 6.92 Å². The van der Waals surface area contributed by atoms with Crippen molar-refractivity contribution in [2.45, 2.75) is 25.8 Å². The van der Waals surface area contributed by atoms with Gasteiger partial charge in [0.1, 0.15) is 6.04 Å². The van der Waals surface area contributed by atoms with Crippen molar-refractivity contribution in [3.05, 3.63) is 0 Å². The number of nitrogens with two attached hydrogens (primary N) is 1. The van der Waals surface area contributed by atoms with E-state index in [1.54, 1.807) is 5.48 Å². The van der Waals surface area contributed by atoms with Crippen LogP contribution in [-0.2, 0) is 9.59 Å². The van der Waals surface area contributed by atoms with Crippen LogP contribution in [0.1, 0.15) is 19.8 Å². The molecule has 0 amide bonds. The van der Waals surface area contributed by atoms with Crippen LogP contribution in [0.5, 0.6) is 0 Å². The monoisotopic (exact) mass is 250 g/mol. The standard InChI is InChI=1S/C6H14N4O3.C2H4O2/c7-6(8)9-3-1-2-4(10-13)5(11)12;1-2(3)4/h4,10,13H,1-3H2,(H,11,12)(H4,7,8,9);1H3,(H,3,4)/t4-;/m0./s1. The fourth-order valence-corrected chi connectivity index (χ4v) is 0.772. The minimum absolute atomic E-state index is 0.149. The van der Waals surface area contributed by atoms with E-state index >= 15 is 0 Å².